The molecule has 3 rings (SSSR count). The minimum atomic E-state index is -0.0767. The van der Waals surface area contributed by atoms with E-state index in [1.165, 1.54) is 11.5 Å². The second-order valence-electron chi connectivity index (χ2n) is 5.39. The molecule has 3 N–H and O–H groups in total. The van der Waals surface area contributed by atoms with Gasteiger partial charge in [0.25, 0.3) is 0 Å². The van der Waals surface area contributed by atoms with Crippen molar-refractivity contribution < 1.29 is 4.74 Å². The Hall–Kier alpha value is -1.59. The molecule has 1 aliphatic rings. The molecule has 2 aromatic rings. The van der Waals surface area contributed by atoms with Crippen molar-refractivity contribution in [3.8, 4) is 11.1 Å². The van der Waals surface area contributed by atoms with Crippen molar-refractivity contribution in [2.75, 3.05) is 24.2 Å². The first-order chi connectivity index (χ1) is 9.68. The van der Waals surface area contributed by atoms with Crippen LogP contribution in [0, 0.1) is 0 Å². The van der Waals surface area contributed by atoms with E-state index in [2.05, 4.69) is 28.7 Å². The predicted octanol–water partition coefficient (Wildman–Crippen LogP) is 3.37. The lowest BCUT2D eigenvalue weighted by atomic mass is 10.0. The molecule has 0 radical (unpaired) electrons. The van der Waals surface area contributed by atoms with E-state index in [0.29, 0.717) is 5.82 Å². The largest absolute Gasteiger partial charge is 0.382 e. The zero-order valence-corrected chi connectivity index (χ0v) is 12.4. The van der Waals surface area contributed by atoms with Gasteiger partial charge in [0, 0.05) is 13.2 Å². The van der Waals surface area contributed by atoms with Gasteiger partial charge in [-0.05, 0) is 36.9 Å². The maximum atomic E-state index is 6.02. The number of hydrogen-bond donors (Lipinski definition) is 2. The lowest BCUT2D eigenvalue weighted by Gasteiger charge is -2.23. The molecule has 0 aliphatic carbocycles. The quantitative estimate of drug-likeness (QED) is 0.906. The van der Waals surface area contributed by atoms with Crippen LogP contribution < -0.4 is 11.1 Å². The summed E-state index contributed by atoms with van der Waals surface area (Å²) in [6.07, 6.45) is 2.23. The summed E-state index contributed by atoms with van der Waals surface area (Å²) >= 11 is 1.41. The van der Waals surface area contributed by atoms with Gasteiger partial charge in [-0.2, -0.15) is 4.37 Å². The molecule has 0 bridgehead atoms. The highest BCUT2D eigenvalue weighted by molar-refractivity contribution is 7.11. The van der Waals surface area contributed by atoms with Gasteiger partial charge in [-0.1, -0.05) is 30.3 Å². The van der Waals surface area contributed by atoms with E-state index >= 15 is 0 Å². The number of benzene rings is 1. The zero-order chi connectivity index (χ0) is 14.0. The lowest BCUT2D eigenvalue weighted by Crippen LogP contribution is -2.32. The van der Waals surface area contributed by atoms with Crippen molar-refractivity contribution >= 4 is 22.4 Å². The minimum absolute atomic E-state index is 0.0767. The third-order valence-electron chi connectivity index (χ3n) is 3.70. The number of nitrogen functional groups attached to an aromatic ring is 1. The van der Waals surface area contributed by atoms with Gasteiger partial charge in [0.1, 0.15) is 10.8 Å². The van der Waals surface area contributed by atoms with Gasteiger partial charge >= 0.3 is 0 Å². The Morgan fingerprint density at radius 1 is 1.40 bits per heavy atom. The number of rotatable bonds is 4. The minimum Gasteiger partial charge on any atom is -0.382 e. The van der Waals surface area contributed by atoms with Gasteiger partial charge in [0.2, 0.25) is 0 Å². The third-order valence-corrected chi connectivity index (χ3v) is 4.52. The molecular weight excluding hydrogens is 270 g/mol. The Balaban J connectivity index is 1.81. The first-order valence-corrected chi connectivity index (χ1v) is 7.64. The molecule has 0 saturated carbocycles. The first-order valence-electron chi connectivity index (χ1n) is 6.86. The smallest absolute Gasteiger partial charge is 0.147 e. The van der Waals surface area contributed by atoms with Crippen molar-refractivity contribution in [2.24, 2.45) is 0 Å². The molecule has 1 aromatic carbocycles. The van der Waals surface area contributed by atoms with Gasteiger partial charge in [-0.3, -0.25) is 0 Å². The van der Waals surface area contributed by atoms with Gasteiger partial charge in [0.05, 0.1) is 11.2 Å². The highest BCUT2D eigenvalue weighted by Gasteiger charge is 2.30. The Morgan fingerprint density at radius 3 is 2.90 bits per heavy atom. The Morgan fingerprint density at radius 2 is 2.20 bits per heavy atom. The van der Waals surface area contributed by atoms with Crippen LogP contribution in [0.5, 0.6) is 0 Å². The van der Waals surface area contributed by atoms with Crippen molar-refractivity contribution in [3.63, 3.8) is 0 Å². The van der Waals surface area contributed by atoms with E-state index in [-0.39, 0.29) is 5.60 Å². The Kier molecular flexibility index (Phi) is 3.63. The number of nitrogens with zero attached hydrogens (tertiary/aromatic N) is 1. The normalized spacial score (nSPS) is 22.1. The van der Waals surface area contributed by atoms with Gasteiger partial charge in [0.15, 0.2) is 0 Å². The van der Waals surface area contributed by atoms with Crippen LogP contribution in [0.2, 0.25) is 0 Å². The van der Waals surface area contributed by atoms with Crippen LogP contribution in [0.1, 0.15) is 19.8 Å². The highest BCUT2D eigenvalue weighted by atomic mass is 32.1. The summed E-state index contributed by atoms with van der Waals surface area (Å²) in [7, 11) is 0. The van der Waals surface area contributed by atoms with Crippen molar-refractivity contribution in [3.05, 3.63) is 30.3 Å². The van der Waals surface area contributed by atoms with Crippen molar-refractivity contribution in [2.45, 2.75) is 25.4 Å². The van der Waals surface area contributed by atoms with Crippen LogP contribution in [-0.2, 0) is 4.74 Å². The van der Waals surface area contributed by atoms with Crippen LogP contribution in [0.25, 0.3) is 11.1 Å². The molecule has 1 atom stereocenters. The topological polar surface area (TPSA) is 60.2 Å². The summed E-state index contributed by atoms with van der Waals surface area (Å²) in [6, 6.07) is 10.1. The van der Waals surface area contributed by atoms with E-state index in [1.54, 1.807) is 0 Å². The highest BCUT2D eigenvalue weighted by Crippen LogP contribution is 2.37. The average Bonchev–Trinajstić information content (AvgIpc) is 3.05. The average molecular weight is 289 g/mol. The van der Waals surface area contributed by atoms with E-state index < -0.39 is 0 Å². The molecular formula is C15H19N3OS. The molecule has 2 heterocycles. The molecule has 5 heteroatoms. The molecule has 1 aromatic heterocycles. The van der Waals surface area contributed by atoms with Crippen LogP contribution in [0.15, 0.2) is 30.3 Å². The molecule has 1 fully saturated rings. The summed E-state index contributed by atoms with van der Waals surface area (Å²) in [5, 5.41) is 4.48. The molecule has 4 nitrogen and oxygen atoms in total. The number of aromatic nitrogens is 1. The van der Waals surface area contributed by atoms with Crippen molar-refractivity contribution in [1.29, 1.82) is 0 Å². The predicted molar refractivity (Wildman–Crippen MR) is 84.0 cm³/mol. The van der Waals surface area contributed by atoms with Crippen LogP contribution in [-0.4, -0.2) is 23.1 Å². The van der Waals surface area contributed by atoms with E-state index in [0.717, 1.165) is 42.1 Å². The first kappa shape index (κ1) is 13.4. The summed E-state index contributed by atoms with van der Waals surface area (Å²) in [4.78, 5) is 0. The third kappa shape index (κ3) is 2.64. The monoisotopic (exact) mass is 289 g/mol. The number of nitrogens with one attached hydrogen (secondary N) is 1. The maximum Gasteiger partial charge on any atom is 0.147 e. The van der Waals surface area contributed by atoms with E-state index in [1.807, 2.05) is 18.2 Å². The zero-order valence-electron chi connectivity index (χ0n) is 11.6. The summed E-state index contributed by atoms with van der Waals surface area (Å²) in [5.41, 5.74) is 8.03. The molecule has 20 heavy (non-hydrogen) atoms. The van der Waals surface area contributed by atoms with Crippen LogP contribution >= 0.6 is 11.5 Å². The summed E-state index contributed by atoms with van der Waals surface area (Å²) in [5.74, 6) is 0.584. The lowest BCUT2D eigenvalue weighted by molar-refractivity contribution is 0.0316. The number of ether oxygens (including phenoxy) is 1. The second-order valence-corrected chi connectivity index (χ2v) is 6.17. The second kappa shape index (κ2) is 5.42. The van der Waals surface area contributed by atoms with E-state index in [9.17, 15) is 0 Å². The molecule has 1 saturated heterocycles. The molecule has 106 valence electrons. The number of nitrogens with two attached hydrogens (primary N) is 1. The van der Waals surface area contributed by atoms with Crippen LogP contribution in [0.4, 0.5) is 10.8 Å². The number of anilines is 2. The van der Waals surface area contributed by atoms with Gasteiger partial charge in [-0.25, -0.2) is 0 Å². The van der Waals surface area contributed by atoms with Gasteiger partial charge in [-0.15, -0.1) is 0 Å². The summed E-state index contributed by atoms with van der Waals surface area (Å²) in [6.45, 7) is 3.79. The SMILES string of the molecule is CC1(CNc2snc(N)c2-c2ccccc2)CCCO1. The fourth-order valence-corrected chi connectivity index (χ4v) is 3.28. The summed E-state index contributed by atoms with van der Waals surface area (Å²) < 4.78 is 10.1. The molecule has 0 spiro atoms. The molecule has 0 amide bonds. The Labute approximate surface area is 123 Å². The van der Waals surface area contributed by atoms with Crippen LogP contribution in [0.3, 0.4) is 0 Å². The number of hydrogen-bond acceptors (Lipinski definition) is 5. The van der Waals surface area contributed by atoms with Crippen molar-refractivity contribution in [1.82, 2.24) is 4.37 Å². The molecule has 1 unspecified atom stereocenters. The molecule has 1 aliphatic heterocycles. The van der Waals surface area contributed by atoms with Gasteiger partial charge < -0.3 is 15.8 Å². The Bertz CT molecular complexity index is 576. The maximum absolute atomic E-state index is 6.02. The fraction of sp³-hybridized carbons (Fsp3) is 0.400. The van der Waals surface area contributed by atoms with E-state index in [4.69, 9.17) is 10.5 Å². The standard InChI is InChI=1S/C15H19N3OS/c1-15(8-5-9-19-15)10-17-14-12(13(16)18-20-14)11-6-3-2-4-7-11/h2-4,6-7,17H,5,8-10H2,1H3,(H2,16,18). The fourth-order valence-electron chi connectivity index (χ4n) is 2.55.